The lowest BCUT2D eigenvalue weighted by atomic mass is 10.1. The normalized spacial score (nSPS) is 14.2. The maximum Gasteiger partial charge on any atom is 0.267 e. The largest absolute Gasteiger partial charge is 0.378 e. The van der Waals surface area contributed by atoms with Gasteiger partial charge in [0.25, 0.3) is 5.91 Å². The molecule has 0 unspecified atom stereocenters. The van der Waals surface area contributed by atoms with Crippen molar-refractivity contribution in [1.29, 1.82) is 0 Å². The van der Waals surface area contributed by atoms with Gasteiger partial charge in [-0.05, 0) is 12.1 Å². The van der Waals surface area contributed by atoms with Gasteiger partial charge in [0.1, 0.15) is 0 Å². The van der Waals surface area contributed by atoms with E-state index in [1.54, 1.807) is 6.07 Å². The number of nitrogens with two attached hydrogens (primary N) is 1. The highest BCUT2D eigenvalue weighted by Crippen LogP contribution is 2.21. The number of anilines is 1. The van der Waals surface area contributed by atoms with E-state index in [0.717, 1.165) is 18.8 Å². The maximum absolute atomic E-state index is 11.6. The second kappa shape index (κ2) is 8.16. The molecule has 0 bridgehead atoms. The van der Waals surface area contributed by atoms with Crippen molar-refractivity contribution in [2.45, 2.75) is 0 Å². The van der Waals surface area contributed by atoms with Gasteiger partial charge < -0.3 is 9.64 Å². The lowest BCUT2D eigenvalue weighted by Crippen LogP contribution is -2.38. The summed E-state index contributed by atoms with van der Waals surface area (Å²) in [6.07, 6.45) is 0. The molecule has 18 heavy (non-hydrogen) atoms. The molecule has 3 N–H and O–H groups in total. The smallest absolute Gasteiger partial charge is 0.267 e. The highest BCUT2D eigenvalue weighted by molar-refractivity contribution is 5.99. The van der Waals surface area contributed by atoms with Crippen molar-refractivity contribution in [3.63, 3.8) is 0 Å². The first-order chi connectivity index (χ1) is 7.83. The first-order valence-corrected chi connectivity index (χ1v) is 5.25. The number of hydrogen-bond donors (Lipinski definition) is 2. The molecule has 7 heteroatoms. The van der Waals surface area contributed by atoms with E-state index in [1.807, 2.05) is 18.2 Å². The quantitative estimate of drug-likeness (QED) is 0.484. The summed E-state index contributed by atoms with van der Waals surface area (Å²) >= 11 is 0. The van der Waals surface area contributed by atoms with Crippen molar-refractivity contribution in [3.05, 3.63) is 29.8 Å². The zero-order chi connectivity index (χ0) is 11.4. The molecule has 0 aromatic heterocycles. The first kappa shape index (κ1) is 17.0. The summed E-state index contributed by atoms with van der Waals surface area (Å²) in [5.74, 6) is 4.90. The van der Waals surface area contributed by atoms with Crippen LogP contribution in [0.15, 0.2) is 24.3 Å². The molecule has 1 heterocycles. The molecule has 1 aliphatic rings. The zero-order valence-corrected chi connectivity index (χ0v) is 11.4. The van der Waals surface area contributed by atoms with Crippen LogP contribution in [0.1, 0.15) is 10.4 Å². The zero-order valence-electron chi connectivity index (χ0n) is 9.80. The van der Waals surface area contributed by atoms with Gasteiger partial charge in [-0.15, -0.1) is 24.8 Å². The summed E-state index contributed by atoms with van der Waals surface area (Å²) in [6, 6.07) is 7.44. The lowest BCUT2D eigenvalue weighted by molar-refractivity contribution is 0.0952. The molecule has 102 valence electrons. The van der Waals surface area contributed by atoms with Crippen molar-refractivity contribution in [2.24, 2.45) is 5.84 Å². The Balaban J connectivity index is 0.00000144. The summed E-state index contributed by atoms with van der Waals surface area (Å²) in [4.78, 5) is 13.7. The van der Waals surface area contributed by atoms with Gasteiger partial charge in [0, 0.05) is 18.8 Å². The van der Waals surface area contributed by atoms with E-state index in [4.69, 9.17) is 10.6 Å². The summed E-state index contributed by atoms with van der Waals surface area (Å²) in [6.45, 7) is 2.99. The third-order valence-electron chi connectivity index (χ3n) is 2.63. The van der Waals surface area contributed by atoms with Gasteiger partial charge in [0.15, 0.2) is 0 Å². The van der Waals surface area contributed by atoms with Crippen LogP contribution < -0.4 is 16.2 Å². The van der Waals surface area contributed by atoms with Gasteiger partial charge in [-0.25, -0.2) is 5.84 Å². The number of carbonyl (C=O) groups excluding carboxylic acids is 1. The topological polar surface area (TPSA) is 67.6 Å². The Morgan fingerprint density at radius 2 is 1.83 bits per heavy atom. The van der Waals surface area contributed by atoms with Crippen LogP contribution in [-0.2, 0) is 4.74 Å². The van der Waals surface area contributed by atoms with Gasteiger partial charge in [-0.2, -0.15) is 0 Å². The molecule has 0 aliphatic carbocycles. The van der Waals surface area contributed by atoms with Crippen LogP contribution in [0.25, 0.3) is 0 Å². The fourth-order valence-electron chi connectivity index (χ4n) is 1.82. The second-order valence-corrected chi connectivity index (χ2v) is 3.59. The number of carbonyl (C=O) groups is 1. The minimum atomic E-state index is -0.262. The molecule has 1 aromatic rings. The number of morpholine rings is 1. The monoisotopic (exact) mass is 293 g/mol. The Morgan fingerprint density at radius 1 is 1.22 bits per heavy atom. The summed E-state index contributed by atoms with van der Waals surface area (Å²) < 4.78 is 5.28. The number of nitrogens with zero attached hydrogens (tertiary/aromatic N) is 1. The molecule has 1 fully saturated rings. The van der Waals surface area contributed by atoms with E-state index >= 15 is 0 Å². The molecule has 5 nitrogen and oxygen atoms in total. The fourth-order valence-corrected chi connectivity index (χ4v) is 1.82. The number of halogens is 2. The van der Waals surface area contributed by atoms with E-state index in [-0.39, 0.29) is 30.7 Å². The highest BCUT2D eigenvalue weighted by Gasteiger charge is 2.17. The van der Waals surface area contributed by atoms with Crippen molar-refractivity contribution < 1.29 is 9.53 Å². The molecule has 0 atom stereocenters. The molecular weight excluding hydrogens is 277 g/mol. The number of nitrogens with one attached hydrogen (secondary N) is 1. The van der Waals surface area contributed by atoms with E-state index in [1.165, 1.54) is 0 Å². The minimum Gasteiger partial charge on any atom is -0.378 e. The number of ether oxygens (including phenoxy) is 1. The van der Waals surface area contributed by atoms with Gasteiger partial charge in [0.2, 0.25) is 0 Å². The average molecular weight is 294 g/mol. The van der Waals surface area contributed by atoms with E-state index in [0.29, 0.717) is 18.8 Å². The first-order valence-electron chi connectivity index (χ1n) is 5.25. The van der Waals surface area contributed by atoms with Crippen molar-refractivity contribution in [2.75, 3.05) is 31.2 Å². The predicted octanol–water partition coefficient (Wildman–Crippen LogP) is 0.970. The molecule has 1 aliphatic heterocycles. The van der Waals surface area contributed by atoms with Crippen LogP contribution >= 0.6 is 24.8 Å². The number of rotatable bonds is 2. The maximum atomic E-state index is 11.6. The molecular formula is C11H17Cl2N3O2. The Morgan fingerprint density at radius 3 is 2.44 bits per heavy atom. The number of nitrogen functional groups attached to an aromatic ring is 1. The van der Waals surface area contributed by atoms with E-state index in [2.05, 4.69) is 10.3 Å². The molecule has 1 saturated heterocycles. The van der Waals surface area contributed by atoms with Gasteiger partial charge >= 0.3 is 0 Å². The lowest BCUT2D eigenvalue weighted by Gasteiger charge is -2.30. The van der Waals surface area contributed by atoms with Crippen molar-refractivity contribution in [1.82, 2.24) is 5.43 Å². The minimum absolute atomic E-state index is 0. The third kappa shape index (κ3) is 3.74. The number of amides is 1. The Labute approximate surface area is 118 Å². The van der Waals surface area contributed by atoms with Crippen molar-refractivity contribution >= 4 is 36.4 Å². The van der Waals surface area contributed by atoms with E-state index in [9.17, 15) is 4.79 Å². The summed E-state index contributed by atoms with van der Waals surface area (Å²) in [5.41, 5.74) is 3.68. The molecule has 2 rings (SSSR count). The Bertz CT molecular complexity index is 384. The standard InChI is InChI=1S/C11H15N3O2.2ClH/c12-13-11(15)9-3-1-2-4-10(9)14-5-7-16-8-6-14;;/h1-4H,5-8,12H2,(H,13,15);2*1H. The fraction of sp³-hybridized carbons (Fsp3) is 0.364. The summed E-state index contributed by atoms with van der Waals surface area (Å²) in [7, 11) is 0. The number of hydrazine groups is 1. The molecule has 0 radical (unpaired) electrons. The molecule has 0 spiro atoms. The number of para-hydroxylation sites is 1. The van der Waals surface area contributed by atoms with Crippen LogP contribution in [-0.4, -0.2) is 32.2 Å². The highest BCUT2D eigenvalue weighted by atomic mass is 35.5. The van der Waals surface area contributed by atoms with Crippen LogP contribution in [0.4, 0.5) is 5.69 Å². The molecule has 0 saturated carbocycles. The Kier molecular flexibility index (Phi) is 7.70. The molecule has 1 aromatic carbocycles. The molecule has 1 amide bonds. The van der Waals surface area contributed by atoms with Gasteiger partial charge in [-0.3, -0.25) is 10.2 Å². The number of hydrogen-bond acceptors (Lipinski definition) is 4. The average Bonchev–Trinajstić information content (AvgIpc) is 2.39. The van der Waals surface area contributed by atoms with Gasteiger partial charge in [0.05, 0.1) is 18.8 Å². The van der Waals surface area contributed by atoms with Gasteiger partial charge in [-0.1, -0.05) is 12.1 Å². The summed E-state index contributed by atoms with van der Waals surface area (Å²) in [5, 5.41) is 0. The SMILES string of the molecule is Cl.Cl.NNC(=O)c1ccccc1N1CCOCC1. The second-order valence-electron chi connectivity index (χ2n) is 3.59. The van der Waals surface area contributed by atoms with Crippen LogP contribution in [0.2, 0.25) is 0 Å². The van der Waals surface area contributed by atoms with Crippen LogP contribution in [0.3, 0.4) is 0 Å². The predicted molar refractivity (Wildman–Crippen MR) is 75.6 cm³/mol. The third-order valence-corrected chi connectivity index (χ3v) is 2.63. The Hall–Kier alpha value is -1.01. The van der Waals surface area contributed by atoms with Crippen LogP contribution in [0, 0.1) is 0 Å². The van der Waals surface area contributed by atoms with Crippen molar-refractivity contribution in [3.8, 4) is 0 Å². The van der Waals surface area contributed by atoms with E-state index < -0.39 is 0 Å². The number of benzene rings is 1. The van der Waals surface area contributed by atoms with Crippen LogP contribution in [0.5, 0.6) is 0 Å².